The van der Waals surface area contributed by atoms with Gasteiger partial charge < -0.3 is 15.7 Å². The Hall–Kier alpha value is -1.20. The first kappa shape index (κ1) is 17.9. The molecule has 21 heavy (non-hydrogen) atoms. The number of benzene rings is 1. The van der Waals surface area contributed by atoms with E-state index in [9.17, 15) is 4.79 Å². The highest BCUT2D eigenvalue weighted by Crippen LogP contribution is 2.18. The number of anilines is 1. The third-order valence-corrected chi connectivity index (χ3v) is 4.12. The largest absolute Gasteiger partial charge is 0.396 e. The number of hydrogen-bond donors (Lipinski definition) is 3. The Morgan fingerprint density at radius 1 is 1.38 bits per heavy atom. The molecule has 0 aliphatic carbocycles. The van der Waals surface area contributed by atoms with Crippen LogP contribution in [0.3, 0.4) is 0 Å². The molecule has 0 heterocycles. The van der Waals surface area contributed by atoms with E-state index in [1.54, 1.807) is 0 Å². The van der Waals surface area contributed by atoms with Gasteiger partial charge in [0.25, 0.3) is 0 Å². The Labute approximate surface area is 131 Å². The molecule has 0 radical (unpaired) electrons. The van der Waals surface area contributed by atoms with Crippen molar-refractivity contribution in [3.8, 4) is 0 Å². The lowest BCUT2D eigenvalue weighted by Crippen LogP contribution is -2.37. The van der Waals surface area contributed by atoms with Crippen LogP contribution in [0.25, 0.3) is 0 Å². The lowest BCUT2D eigenvalue weighted by atomic mass is 9.90. The highest BCUT2D eigenvalue weighted by atomic mass is 32.2. The number of rotatable bonds is 8. The SMILES string of the molecule is CCSCc1cccc(NC(=O)NCC(C)(C)CCO)c1. The van der Waals surface area contributed by atoms with Crippen LogP contribution in [0.15, 0.2) is 24.3 Å². The van der Waals surface area contributed by atoms with E-state index in [1.165, 1.54) is 5.56 Å². The molecule has 3 N–H and O–H groups in total. The maximum Gasteiger partial charge on any atom is 0.319 e. The molecule has 0 saturated heterocycles. The van der Waals surface area contributed by atoms with Crippen molar-refractivity contribution in [1.82, 2.24) is 5.32 Å². The van der Waals surface area contributed by atoms with E-state index in [1.807, 2.05) is 43.8 Å². The van der Waals surface area contributed by atoms with Crippen molar-refractivity contribution in [2.75, 3.05) is 24.2 Å². The van der Waals surface area contributed by atoms with Crippen molar-refractivity contribution in [1.29, 1.82) is 0 Å². The standard InChI is InChI=1S/C16H26N2O2S/c1-4-21-11-13-6-5-7-14(10-13)18-15(20)17-12-16(2,3)8-9-19/h5-7,10,19H,4,8-9,11-12H2,1-3H3,(H2,17,18,20). The number of thioether (sulfide) groups is 1. The first-order valence-corrected chi connectivity index (χ1v) is 8.45. The summed E-state index contributed by atoms with van der Waals surface area (Å²) in [6.07, 6.45) is 0.664. The van der Waals surface area contributed by atoms with E-state index in [4.69, 9.17) is 5.11 Å². The molecule has 0 bridgehead atoms. The Morgan fingerprint density at radius 2 is 2.14 bits per heavy atom. The zero-order valence-electron chi connectivity index (χ0n) is 13.1. The van der Waals surface area contributed by atoms with Gasteiger partial charge in [-0.3, -0.25) is 0 Å². The van der Waals surface area contributed by atoms with Gasteiger partial charge in [-0.05, 0) is 35.3 Å². The number of aliphatic hydroxyl groups excluding tert-OH is 1. The number of carbonyl (C=O) groups excluding carboxylic acids is 1. The average molecular weight is 310 g/mol. The summed E-state index contributed by atoms with van der Waals surface area (Å²) in [4.78, 5) is 11.9. The second kappa shape index (κ2) is 8.95. The van der Waals surface area contributed by atoms with E-state index in [0.717, 1.165) is 17.2 Å². The summed E-state index contributed by atoms with van der Waals surface area (Å²) in [5.74, 6) is 2.04. The molecular weight excluding hydrogens is 284 g/mol. The lowest BCUT2D eigenvalue weighted by molar-refractivity contribution is 0.204. The van der Waals surface area contributed by atoms with Crippen molar-refractivity contribution in [2.24, 2.45) is 5.41 Å². The number of hydrogen-bond acceptors (Lipinski definition) is 3. The van der Waals surface area contributed by atoms with Gasteiger partial charge in [-0.25, -0.2) is 4.79 Å². The van der Waals surface area contributed by atoms with Crippen LogP contribution in [0.5, 0.6) is 0 Å². The molecule has 0 aliphatic heterocycles. The summed E-state index contributed by atoms with van der Waals surface area (Å²) in [6.45, 7) is 6.84. The Morgan fingerprint density at radius 3 is 2.81 bits per heavy atom. The zero-order valence-corrected chi connectivity index (χ0v) is 13.9. The van der Waals surface area contributed by atoms with Crippen LogP contribution >= 0.6 is 11.8 Å². The molecule has 5 heteroatoms. The molecular formula is C16H26N2O2S. The van der Waals surface area contributed by atoms with E-state index in [0.29, 0.717) is 13.0 Å². The second-order valence-corrected chi connectivity index (χ2v) is 7.06. The topological polar surface area (TPSA) is 61.4 Å². The predicted octanol–water partition coefficient (Wildman–Crippen LogP) is 3.47. The monoisotopic (exact) mass is 310 g/mol. The summed E-state index contributed by atoms with van der Waals surface area (Å²) in [6, 6.07) is 7.70. The fourth-order valence-corrected chi connectivity index (χ4v) is 2.46. The molecule has 0 saturated carbocycles. The zero-order chi connectivity index (χ0) is 15.7. The van der Waals surface area contributed by atoms with E-state index in [2.05, 4.69) is 23.6 Å². The maximum absolute atomic E-state index is 11.9. The van der Waals surface area contributed by atoms with Gasteiger partial charge in [-0.2, -0.15) is 11.8 Å². The minimum absolute atomic E-state index is 0.105. The molecule has 1 rings (SSSR count). The number of nitrogens with one attached hydrogen (secondary N) is 2. The third kappa shape index (κ3) is 7.39. The molecule has 1 aromatic rings. The predicted molar refractivity (Wildman–Crippen MR) is 90.8 cm³/mol. The van der Waals surface area contributed by atoms with Gasteiger partial charge in [0.2, 0.25) is 0 Å². The van der Waals surface area contributed by atoms with Gasteiger partial charge in [0.15, 0.2) is 0 Å². The highest BCUT2D eigenvalue weighted by Gasteiger charge is 2.18. The number of amides is 2. The summed E-state index contributed by atoms with van der Waals surface area (Å²) in [5.41, 5.74) is 1.91. The quantitative estimate of drug-likeness (QED) is 0.689. The highest BCUT2D eigenvalue weighted by molar-refractivity contribution is 7.98. The maximum atomic E-state index is 11.9. The normalized spacial score (nSPS) is 11.2. The Balaban J connectivity index is 2.47. The van der Waals surface area contributed by atoms with Gasteiger partial charge in [0, 0.05) is 24.6 Å². The molecule has 0 fully saturated rings. The minimum atomic E-state index is -0.207. The number of carbonyl (C=O) groups is 1. The third-order valence-electron chi connectivity index (χ3n) is 3.17. The fourth-order valence-electron chi connectivity index (χ4n) is 1.84. The lowest BCUT2D eigenvalue weighted by Gasteiger charge is -2.23. The van der Waals surface area contributed by atoms with Crippen LogP contribution in [-0.4, -0.2) is 30.0 Å². The average Bonchev–Trinajstić information content (AvgIpc) is 2.43. The fraction of sp³-hybridized carbons (Fsp3) is 0.562. The number of aliphatic hydroxyl groups is 1. The molecule has 0 unspecified atom stereocenters. The molecule has 0 spiro atoms. The van der Waals surface area contributed by atoms with Crippen LogP contribution in [0.2, 0.25) is 0 Å². The van der Waals surface area contributed by atoms with Crippen LogP contribution in [0.4, 0.5) is 10.5 Å². The van der Waals surface area contributed by atoms with Crippen molar-refractivity contribution < 1.29 is 9.90 Å². The second-order valence-electron chi connectivity index (χ2n) is 5.78. The van der Waals surface area contributed by atoms with E-state index < -0.39 is 0 Å². The smallest absolute Gasteiger partial charge is 0.319 e. The first-order valence-electron chi connectivity index (χ1n) is 7.29. The van der Waals surface area contributed by atoms with Crippen LogP contribution < -0.4 is 10.6 Å². The summed E-state index contributed by atoms with van der Waals surface area (Å²) >= 11 is 1.86. The van der Waals surface area contributed by atoms with Crippen LogP contribution in [0, 0.1) is 5.41 Å². The number of urea groups is 1. The van der Waals surface area contributed by atoms with Crippen LogP contribution in [-0.2, 0) is 5.75 Å². The van der Waals surface area contributed by atoms with Gasteiger partial charge in [-0.15, -0.1) is 0 Å². The molecule has 2 amide bonds. The summed E-state index contributed by atoms with van der Waals surface area (Å²) < 4.78 is 0. The van der Waals surface area contributed by atoms with Crippen LogP contribution in [0.1, 0.15) is 32.8 Å². The molecule has 0 atom stereocenters. The van der Waals surface area contributed by atoms with Crippen molar-refractivity contribution in [3.63, 3.8) is 0 Å². The van der Waals surface area contributed by atoms with Gasteiger partial charge >= 0.3 is 6.03 Å². The minimum Gasteiger partial charge on any atom is -0.396 e. The van der Waals surface area contributed by atoms with Gasteiger partial charge in [0.05, 0.1) is 0 Å². The Kier molecular flexibility index (Phi) is 7.61. The van der Waals surface area contributed by atoms with Crippen molar-refractivity contribution in [2.45, 2.75) is 32.9 Å². The molecule has 1 aromatic carbocycles. The molecule has 118 valence electrons. The summed E-state index contributed by atoms with van der Waals surface area (Å²) in [7, 11) is 0. The van der Waals surface area contributed by atoms with Crippen molar-refractivity contribution >= 4 is 23.5 Å². The summed E-state index contributed by atoms with van der Waals surface area (Å²) in [5, 5.41) is 14.7. The molecule has 0 aliphatic rings. The van der Waals surface area contributed by atoms with Crippen molar-refractivity contribution in [3.05, 3.63) is 29.8 Å². The molecule has 4 nitrogen and oxygen atoms in total. The molecule has 0 aromatic heterocycles. The van der Waals surface area contributed by atoms with E-state index >= 15 is 0 Å². The first-order chi connectivity index (χ1) is 9.96. The Bertz CT molecular complexity index is 450. The van der Waals surface area contributed by atoms with Gasteiger partial charge in [-0.1, -0.05) is 32.9 Å². The van der Waals surface area contributed by atoms with E-state index in [-0.39, 0.29) is 18.1 Å². The van der Waals surface area contributed by atoms with Gasteiger partial charge in [0.1, 0.15) is 0 Å².